The monoisotopic (exact) mass is 390 g/mol. The number of benzene rings is 2. The molecule has 0 aliphatic carbocycles. The lowest BCUT2D eigenvalue weighted by atomic mass is 10.0. The normalized spacial score (nSPS) is 11.0. The molecule has 0 unspecified atom stereocenters. The number of ether oxygens (including phenoxy) is 2. The van der Waals surface area contributed by atoms with Crippen LogP contribution in [0.4, 0.5) is 0 Å². The Hall–Kier alpha value is -2.47. The van der Waals surface area contributed by atoms with E-state index in [9.17, 15) is 8.42 Å². The van der Waals surface area contributed by atoms with Crippen LogP contribution in [-0.4, -0.2) is 22.6 Å². The average molecular weight is 391 g/mol. The zero-order chi connectivity index (χ0) is 20.2. The van der Waals surface area contributed by atoms with Gasteiger partial charge in [0.1, 0.15) is 4.90 Å². The second-order valence-electron chi connectivity index (χ2n) is 6.57. The Balaban J connectivity index is 2.62. The average Bonchev–Trinajstić information content (AvgIpc) is 2.60. The third-order valence-corrected chi connectivity index (χ3v) is 5.40. The van der Waals surface area contributed by atoms with Gasteiger partial charge in [-0.2, -0.15) is 8.42 Å². The predicted octanol–water partition coefficient (Wildman–Crippen LogP) is 4.60. The molecule has 0 fully saturated rings. The number of methoxy groups -OCH3 is 2. The molecule has 0 aliphatic heterocycles. The van der Waals surface area contributed by atoms with Crippen LogP contribution in [0, 0.1) is 13.8 Å². The van der Waals surface area contributed by atoms with E-state index < -0.39 is 10.1 Å². The lowest BCUT2D eigenvalue weighted by Gasteiger charge is -2.19. The van der Waals surface area contributed by atoms with Gasteiger partial charge in [-0.25, -0.2) is 0 Å². The Morgan fingerprint density at radius 2 is 1.63 bits per heavy atom. The maximum atomic E-state index is 12.8. The highest BCUT2D eigenvalue weighted by Gasteiger charge is 2.25. The number of hydrogen-bond donors (Lipinski definition) is 0. The molecule has 2 aromatic carbocycles. The SMILES string of the molecule is COc1cc(C)c(CC=C(C)C)c(OS(=O)(=O)c2ccc(C)cc2)c1OC. The van der Waals surface area contributed by atoms with Crippen LogP contribution in [-0.2, 0) is 16.5 Å². The molecule has 6 heteroatoms. The summed E-state index contributed by atoms with van der Waals surface area (Å²) in [6, 6.07) is 8.33. The largest absolute Gasteiger partial charge is 0.493 e. The molecule has 0 bridgehead atoms. The molecule has 0 saturated heterocycles. The molecule has 0 radical (unpaired) electrons. The minimum Gasteiger partial charge on any atom is -0.493 e. The molecule has 0 N–H and O–H groups in total. The van der Waals surface area contributed by atoms with Crippen LogP contribution in [0.1, 0.15) is 30.5 Å². The van der Waals surface area contributed by atoms with Gasteiger partial charge in [-0.3, -0.25) is 0 Å². The standard InChI is InChI=1S/C21H26O5S/c1-14(2)7-12-18-16(4)13-19(24-5)21(25-6)20(18)26-27(22,23)17-10-8-15(3)9-11-17/h7-11,13H,12H2,1-6H3. The molecule has 0 heterocycles. The molecule has 27 heavy (non-hydrogen) atoms. The minimum absolute atomic E-state index is 0.0868. The quantitative estimate of drug-likeness (QED) is 0.511. The molecular weight excluding hydrogens is 364 g/mol. The van der Waals surface area contributed by atoms with Gasteiger partial charge in [0, 0.05) is 5.56 Å². The Bertz CT molecular complexity index is 938. The maximum Gasteiger partial charge on any atom is 0.339 e. The summed E-state index contributed by atoms with van der Waals surface area (Å²) >= 11 is 0. The van der Waals surface area contributed by atoms with E-state index in [2.05, 4.69) is 0 Å². The van der Waals surface area contributed by atoms with Crippen molar-refractivity contribution in [3.05, 3.63) is 58.7 Å². The first kappa shape index (κ1) is 20.8. The van der Waals surface area contributed by atoms with E-state index in [0.29, 0.717) is 12.2 Å². The highest BCUT2D eigenvalue weighted by Crippen LogP contribution is 2.43. The summed E-state index contributed by atoms with van der Waals surface area (Å²) in [5.41, 5.74) is 3.69. The highest BCUT2D eigenvalue weighted by molar-refractivity contribution is 7.87. The van der Waals surface area contributed by atoms with Gasteiger partial charge in [0.25, 0.3) is 0 Å². The number of hydrogen-bond acceptors (Lipinski definition) is 5. The minimum atomic E-state index is -4.02. The van der Waals surface area contributed by atoms with E-state index in [4.69, 9.17) is 13.7 Å². The number of rotatable bonds is 7. The van der Waals surface area contributed by atoms with Gasteiger partial charge < -0.3 is 13.7 Å². The summed E-state index contributed by atoms with van der Waals surface area (Å²) in [6.45, 7) is 7.75. The molecule has 0 aliphatic rings. The molecule has 5 nitrogen and oxygen atoms in total. The van der Waals surface area contributed by atoms with E-state index in [1.165, 1.54) is 26.4 Å². The molecule has 0 atom stereocenters. The summed E-state index contributed by atoms with van der Waals surface area (Å²) in [5.74, 6) is 0.841. The Morgan fingerprint density at radius 3 is 2.15 bits per heavy atom. The maximum absolute atomic E-state index is 12.8. The molecule has 0 saturated carbocycles. The van der Waals surface area contributed by atoms with Crippen LogP contribution in [0.2, 0.25) is 0 Å². The van der Waals surface area contributed by atoms with E-state index in [0.717, 1.165) is 22.3 Å². The van der Waals surface area contributed by atoms with Crippen LogP contribution in [0.25, 0.3) is 0 Å². The highest BCUT2D eigenvalue weighted by atomic mass is 32.2. The fourth-order valence-corrected chi connectivity index (χ4v) is 3.59. The Kier molecular flexibility index (Phi) is 6.54. The summed E-state index contributed by atoms with van der Waals surface area (Å²) in [6.07, 6.45) is 2.53. The molecule has 2 aromatic rings. The van der Waals surface area contributed by atoms with Crippen molar-refractivity contribution in [2.24, 2.45) is 0 Å². The second kappa shape index (κ2) is 8.48. The fourth-order valence-electron chi connectivity index (χ4n) is 2.63. The molecule has 2 rings (SSSR count). The third kappa shape index (κ3) is 4.83. The van der Waals surface area contributed by atoms with Crippen LogP contribution < -0.4 is 13.7 Å². The van der Waals surface area contributed by atoms with Gasteiger partial charge in [-0.05, 0) is 57.9 Å². The van der Waals surface area contributed by atoms with Gasteiger partial charge in [-0.15, -0.1) is 0 Å². The fraction of sp³-hybridized carbons (Fsp3) is 0.333. The molecule has 0 spiro atoms. The van der Waals surface area contributed by atoms with E-state index in [1.807, 2.05) is 39.8 Å². The van der Waals surface area contributed by atoms with Gasteiger partial charge in [0.05, 0.1) is 14.2 Å². The third-order valence-electron chi connectivity index (χ3n) is 4.17. The van der Waals surface area contributed by atoms with Gasteiger partial charge in [0.15, 0.2) is 11.5 Å². The van der Waals surface area contributed by atoms with E-state index in [-0.39, 0.29) is 16.4 Å². The van der Waals surface area contributed by atoms with Crippen molar-refractivity contribution in [3.8, 4) is 17.2 Å². The van der Waals surface area contributed by atoms with Crippen molar-refractivity contribution >= 4 is 10.1 Å². The smallest absolute Gasteiger partial charge is 0.339 e. The van der Waals surface area contributed by atoms with Crippen molar-refractivity contribution in [1.29, 1.82) is 0 Å². The Labute approximate surface area is 161 Å². The lowest BCUT2D eigenvalue weighted by molar-refractivity contribution is 0.341. The van der Waals surface area contributed by atoms with Crippen LogP contribution in [0.5, 0.6) is 17.2 Å². The van der Waals surface area contributed by atoms with Gasteiger partial charge in [-0.1, -0.05) is 29.3 Å². The zero-order valence-electron chi connectivity index (χ0n) is 16.6. The van der Waals surface area contributed by atoms with Crippen molar-refractivity contribution in [3.63, 3.8) is 0 Å². The summed E-state index contributed by atoms with van der Waals surface area (Å²) in [7, 11) is -1.05. The summed E-state index contributed by atoms with van der Waals surface area (Å²) in [5, 5.41) is 0. The van der Waals surface area contributed by atoms with Crippen LogP contribution in [0.15, 0.2) is 46.9 Å². The second-order valence-corrected chi connectivity index (χ2v) is 8.12. The topological polar surface area (TPSA) is 61.8 Å². The summed E-state index contributed by atoms with van der Waals surface area (Å²) < 4.78 is 42.1. The van der Waals surface area contributed by atoms with E-state index >= 15 is 0 Å². The first-order valence-electron chi connectivity index (χ1n) is 8.58. The van der Waals surface area contributed by atoms with Crippen LogP contribution in [0.3, 0.4) is 0 Å². The van der Waals surface area contributed by atoms with Crippen molar-refractivity contribution in [1.82, 2.24) is 0 Å². The van der Waals surface area contributed by atoms with Gasteiger partial charge in [0.2, 0.25) is 5.75 Å². The molecule has 0 amide bonds. The van der Waals surface area contributed by atoms with Crippen LogP contribution >= 0.6 is 0 Å². The van der Waals surface area contributed by atoms with Crippen molar-refractivity contribution in [2.75, 3.05) is 14.2 Å². The van der Waals surface area contributed by atoms with Gasteiger partial charge >= 0.3 is 10.1 Å². The predicted molar refractivity (Wildman–Crippen MR) is 106 cm³/mol. The summed E-state index contributed by atoms with van der Waals surface area (Å²) in [4.78, 5) is 0.0868. The van der Waals surface area contributed by atoms with Crippen molar-refractivity contribution in [2.45, 2.75) is 39.0 Å². The Morgan fingerprint density at radius 1 is 1.00 bits per heavy atom. The number of allylic oxidation sites excluding steroid dienone is 2. The number of aryl methyl sites for hydroxylation is 2. The first-order valence-corrected chi connectivity index (χ1v) is 9.99. The molecular formula is C21H26O5S. The van der Waals surface area contributed by atoms with E-state index in [1.54, 1.807) is 12.1 Å². The molecule has 0 aromatic heterocycles. The van der Waals surface area contributed by atoms with Crippen molar-refractivity contribution < 1.29 is 22.1 Å². The zero-order valence-corrected chi connectivity index (χ0v) is 17.4. The first-order chi connectivity index (χ1) is 12.7. The lowest BCUT2D eigenvalue weighted by Crippen LogP contribution is -2.13. The molecule has 146 valence electrons.